The summed E-state index contributed by atoms with van der Waals surface area (Å²) >= 11 is 1.35. The highest BCUT2D eigenvalue weighted by Gasteiger charge is 2.35. The van der Waals surface area contributed by atoms with Gasteiger partial charge in [0.05, 0.1) is 10.6 Å². The number of carbonyl (C=O) groups is 4. The summed E-state index contributed by atoms with van der Waals surface area (Å²) in [7, 11) is 2.00. The summed E-state index contributed by atoms with van der Waals surface area (Å²) in [4.78, 5) is 59.5. The van der Waals surface area contributed by atoms with E-state index in [4.69, 9.17) is 0 Å². The van der Waals surface area contributed by atoms with Gasteiger partial charge in [-0.3, -0.25) is 23.9 Å². The molecule has 12 heteroatoms. The largest absolute Gasteiger partial charge is 0.339 e. The van der Waals surface area contributed by atoms with E-state index in [1.807, 2.05) is 27.0 Å². The van der Waals surface area contributed by atoms with Crippen LogP contribution in [0, 0.1) is 24.6 Å². The van der Waals surface area contributed by atoms with E-state index < -0.39 is 23.7 Å². The van der Waals surface area contributed by atoms with E-state index in [2.05, 4.69) is 20.6 Å². The summed E-state index contributed by atoms with van der Waals surface area (Å²) < 4.78 is 17.4. The number of benzene rings is 1. The van der Waals surface area contributed by atoms with Gasteiger partial charge in [0.2, 0.25) is 11.8 Å². The zero-order valence-corrected chi connectivity index (χ0v) is 29.2. The molecule has 10 nitrogen and oxygen atoms in total. The molecule has 1 aliphatic heterocycles. The van der Waals surface area contributed by atoms with Crippen molar-refractivity contribution in [3.8, 4) is 0 Å². The molecular weight excluding hydrogens is 631 g/mol. The minimum Gasteiger partial charge on any atom is -0.339 e. The van der Waals surface area contributed by atoms with Crippen molar-refractivity contribution in [1.29, 1.82) is 0 Å². The first-order chi connectivity index (χ1) is 23.0. The van der Waals surface area contributed by atoms with Crippen molar-refractivity contribution in [2.75, 3.05) is 38.5 Å². The van der Waals surface area contributed by atoms with Crippen LogP contribution in [0.4, 0.5) is 10.1 Å². The number of rotatable bonds is 12. The third-order valence-electron chi connectivity index (χ3n) is 9.87. The lowest BCUT2D eigenvalue weighted by molar-refractivity contribution is -0.135. The van der Waals surface area contributed by atoms with Crippen molar-refractivity contribution in [1.82, 2.24) is 24.9 Å². The average Bonchev–Trinajstić information content (AvgIpc) is 3.76. The number of amides is 3. The molecular formula is C36H47FN6O4S. The lowest BCUT2D eigenvalue weighted by Gasteiger charge is -2.36. The van der Waals surface area contributed by atoms with Crippen LogP contribution in [-0.2, 0) is 16.1 Å². The first-order valence-electron chi connectivity index (χ1n) is 17.1. The Labute approximate surface area is 286 Å². The third-order valence-corrected chi connectivity index (χ3v) is 10.9. The number of Topliss-reactive ketones (excluding diaryl/α,β-unsaturated/α-hetero) is 1. The topological polar surface area (TPSA) is 117 Å². The SMILES string of the molecule is CCn1nccc1C(=O)C[C@H](C(=O)Nc1ccc([C@H](C)[C@@H](NC(=O)c2ccc(C)s2)C(=O)N2CCN(C)CC2)cc1F)C1CCCCC1. The average molecular weight is 679 g/mol. The van der Waals surface area contributed by atoms with Crippen molar-refractivity contribution >= 4 is 40.5 Å². The number of nitrogens with one attached hydrogen (secondary N) is 2. The standard InChI is InChI=1S/C36H47FN6O4S/c1-5-43-30(15-16-38-43)31(44)22-27(25-9-7-6-8-10-25)34(45)39-29-13-12-26(21-28(29)37)24(3)33(36(47)42-19-17-41(4)18-20-42)40-35(46)32-14-11-23(2)48-32/h11-16,21,24-25,27,33H,5-10,17-20,22H2,1-4H3,(H,39,45)(H,40,46)/t24-,27-,33+/m0/s1. The van der Waals surface area contributed by atoms with E-state index in [-0.39, 0.29) is 41.5 Å². The van der Waals surface area contributed by atoms with Gasteiger partial charge in [-0.25, -0.2) is 4.39 Å². The van der Waals surface area contributed by atoms with Gasteiger partial charge in [-0.2, -0.15) is 5.10 Å². The molecule has 3 aromatic rings. The number of thiophene rings is 1. The molecule has 2 N–H and O–H groups in total. The Bertz CT molecular complexity index is 1610. The van der Waals surface area contributed by atoms with E-state index in [0.717, 1.165) is 50.1 Å². The Morgan fingerprint density at radius 1 is 1.02 bits per heavy atom. The number of hydrogen-bond donors (Lipinski definition) is 2. The van der Waals surface area contributed by atoms with Crippen molar-refractivity contribution < 1.29 is 23.6 Å². The number of ketones is 1. The zero-order valence-electron chi connectivity index (χ0n) is 28.3. The smallest absolute Gasteiger partial charge is 0.262 e. The highest BCUT2D eigenvalue weighted by Crippen LogP contribution is 2.34. The predicted octanol–water partition coefficient (Wildman–Crippen LogP) is 5.50. The van der Waals surface area contributed by atoms with Crippen molar-refractivity contribution in [2.24, 2.45) is 11.8 Å². The lowest BCUT2D eigenvalue weighted by Crippen LogP contribution is -2.55. The third kappa shape index (κ3) is 8.38. The Morgan fingerprint density at radius 3 is 2.40 bits per heavy atom. The number of anilines is 1. The number of piperazine rings is 1. The monoisotopic (exact) mass is 678 g/mol. The van der Waals surface area contributed by atoms with Gasteiger partial charge in [0, 0.05) is 62.1 Å². The van der Waals surface area contributed by atoms with Gasteiger partial charge in [0.25, 0.3) is 5.91 Å². The summed E-state index contributed by atoms with van der Waals surface area (Å²) in [5.41, 5.74) is 1.01. The van der Waals surface area contributed by atoms with Crippen LogP contribution in [0.2, 0.25) is 0 Å². The van der Waals surface area contributed by atoms with Crippen molar-refractivity contribution in [3.05, 3.63) is 69.4 Å². The molecule has 0 radical (unpaired) electrons. The highest BCUT2D eigenvalue weighted by atomic mass is 32.1. The lowest BCUT2D eigenvalue weighted by atomic mass is 9.77. The van der Waals surface area contributed by atoms with Gasteiger partial charge in [-0.05, 0) is 75.5 Å². The maximum atomic E-state index is 15.8. The van der Waals surface area contributed by atoms with Gasteiger partial charge in [0.1, 0.15) is 17.6 Å². The minimum absolute atomic E-state index is 0.0165. The number of aromatic nitrogens is 2. The molecule has 3 amide bonds. The fourth-order valence-corrected chi connectivity index (χ4v) is 7.63. The van der Waals surface area contributed by atoms with Crippen LogP contribution in [0.1, 0.15) is 88.9 Å². The molecule has 3 heterocycles. The second-order valence-electron chi connectivity index (χ2n) is 13.2. The van der Waals surface area contributed by atoms with Crippen LogP contribution < -0.4 is 10.6 Å². The maximum absolute atomic E-state index is 15.8. The normalized spacial score (nSPS) is 17.8. The zero-order chi connectivity index (χ0) is 34.4. The number of carbonyl (C=O) groups excluding carboxylic acids is 4. The summed E-state index contributed by atoms with van der Waals surface area (Å²) in [6.45, 7) is 8.70. The summed E-state index contributed by atoms with van der Waals surface area (Å²) in [5, 5.41) is 9.93. The maximum Gasteiger partial charge on any atom is 0.262 e. The molecule has 2 fully saturated rings. The van der Waals surface area contributed by atoms with Gasteiger partial charge >= 0.3 is 0 Å². The quantitative estimate of drug-likeness (QED) is 0.245. The molecule has 5 rings (SSSR count). The molecule has 258 valence electrons. The molecule has 48 heavy (non-hydrogen) atoms. The van der Waals surface area contributed by atoms with E-state index in [9.17, 15) is 19.2 Å². The van der Waals surface area contributed by atoms with E-state index in [1.54, 1.807) is 40.9 Å². The first kappa shape index (κ1) is 35.4. The second kappa shape index (κ2) is 16.0. The van der Waals surface area contributed by atoms with Crippen molar-refractivity contribution in [2.45, 2.75) is 77.8 Å². The Balaban J connectivity index is 1.34. The van der Waals surface area contributed by atoms with E-state index in [0.29, 0.717) is 35.8 Å². The first-order valence-corrected chi connectivity index (χ1v) is 17.9. The van der Waals surface area contributed by atoms with Crippen LogP contribution in [-0.4, -0.2) is 82.4 Å². The van der Waals surface area contributed by atoms with Gasteiger partial charge in [-0.15, -0.1) is 11.3 Å². The Morgan fingerprint density at radius 2 is 1.75 bits per heavy atom. The van der Waals surface area contributed by atoms with Gasteiger partial charge < -0.3 is 20.4 Å². The molecule has 0 bridgehead atoms. The summed E-state index contributed by atoms with van der Waals surface area (Å²) in [6.07, 6.45) is 6.38. The molecule has 1 saturated heterocycles. The van der Waals surface area contributed by atoms with E-state index >= 15 is 4.39 Å². The van der Waals surface area contributed by atoms with Crippen LogP contribution in [0.3, 0.4) is 0 Å². The van der Waals surface area contributed by atoms with Gasteiger partial charge in [-0.1, -0.05) is 32.3 Å². The van der Waals surface area contributed by atoms with E-state index in [1.165, 1.54) is 23.5 Å². The molecule has 3 atom stereocenters. The van der Waals surface area contributed by atoms with Crippen LogP contribution in [0.5, 0.6) is 0 Å². The number of aryl methyl sites for hydroxylation is 2. The molecule has 0 spiro atoms. The highest BCUT2D eigenvalue weighted by molar-refractivity contribution is 7.13. The number of likely N-dealkylation sites (N-methyl/N-ethyl adjacent to an activating group) is 1. The van der Waals surface area contributed by atoms with Crippen LogP contribution >= 0.6 is 11.3 Å². The van der Waals surface area contributed by atoms with Crippen molar-refractivity contribution in [3.63, 3.8) is 0 Å². The molecule has 1 aliphatic carbocycles. The number of hydrogen-bond acceptors (Lipinski definition) is 7. The van der Waals surface area contributed by atoms with Crippen LogP contribution in [0.15, 0.2) is 42.6 Å². The van der Waals surface area contributed by atoms with Gasteiger partial charge in [0.15, 0.2) is 5.78 Å². The molecule has 1 aromatic carbocycles. The fourth-order valence-electron chi connectivity index (χ4n) is 6.86. The summed E-state index contributed by atoms with van der Waals surface area (Å²) in [5.74, 6) is -2.85. The molecule has 0 unspecified atom stereocenters. The molecule has 1 saturated carbocycles. The van der Waals surface area contributed by atoms with Crippen LogP contribution in [0.25, 0.3) is 0 Å². The fraction of sp³-hybridized carbons (Fsp3) is 0.528. The number of nitrogens with zero attached hydrogens (tertiary/aromatic N) is 4. The Kier molecular flexibility index (Phi) is 11.8. The molecule has 2 aromatic heterocycles. The minimum atomic E-state index is -0.915. The Hall–Kier alpha value is -3.90. The molecule has 2 aliphatic rings. The predicted molar refractivity (Wildman–Crippen MR) is 185 cm³/mol. The summed E-state index contributed by atoms with van der Waals surface area (Å²) in [6, 6.07) is 8.88. The second-order valence-corrected chi connectivity index (χ2v) is 14.5. The number of halogens is 1.